The third-order valence-corrected chi connectivity index (χ3v) is 2.54. The molecule has 12 heavy (non-hydrogen) atoms. The van der Waals surface area contributed by atoms with Crippen molar-refractivity contribution in [1.29, 1.82) is 0 Å². The van der Waals surface area contributed by atoms with Crippen LogP contribution in [0.4, 0.5) is 0 Å². The predicted octanol–water partition coefficient (Wildman–Crippen LogP) is 3.17. The molecule has 0 amide bonds. The summed E-state index contributed by atoms with van der Waals surface area (Å²) in [6.07, 6.45) is 5.21. The highest BCUT2D eigenvalue weighted by Crippen LogP contribution is 2.25. The maximum absolute atomic E-state index is 4.15. The van der Waals surface area contributed by atoms with E-state index in [0.29, 0.717) is 0 Å². The van der Waals surface area contributed by atoms with Gasteiger partial charge in [-0.25, -0.2) is 0 Å². The van der Waals surface area contributed by atoms with Crippen LogP contribution in [-0.4, -0.2) is 17.0 Å². The summed E-state index contributed by atoms with van der Waals surface area (Å²) in [4.78, 5) is 2.46. The molecule has 1 aliphatic heterocycles. The Labute approximate surface area is 76.5 Å². The molecule has 1 heteroatoms. The first-order valence-corrected chi connectivity index (χ1v) is 4.97. The van der Waals surface area contributed by atoms with Gasteiger partial charge in [-0.2, -0.15) is 0 Å². The number of hydrogen-bond donors (Lipinski definition) is 0. The number of likely N-dealkylation sites (tertiary alicyclic amines) is 1. The zero-order chi connectivity index (χ0) is 9.19. The van der Waals surface area contributed by atoms with E-state index in [1.54, 1.807) is 0 Å². The predicted molar refractivity (Wildman–Crippen MR) is 54.1 cm³/mol. The van der Waals surface area contributed by atoms with Gasteiger partial charge in [0.25, 0.3) is 0 Å². The van der Waals surface area contributed by atoms with Gasteiger partial charge in [0.1, 0.15) is 0 Å². The number of allylic oxidation sites excluding steroid dienone is 1. The van der Waals surface area contributed by atoms with Gasteiger partial charge in [-0.15, -0.1) is 0 Å². The molecule has 0 aromatic heterocycles. The normalized spacial score (nSPS) is 20.9. The van der Waals surface area contributed by atoms with Crippen molar-refractivity contribution in [1.82, 2.24) is 4.90 Å². The van der Waals surface area contributed by atoms with Gasteiger partial charge in [0.15, 0.2) is 0 Å². The average Bonchev–Trinajstić information content (AvgIpc) is 2.11. The first-order valence-electron chi connectivity index (χ1n) is 4.97. The lowest BCUT2D eigenvalue weighted by molar-refractivity contribution is 0.186. The van der Waals surface area contributed by atoms with Gasteiger partial charge >= 0.3 is 0 Å². The molecule has 0 aliphatic carbocycles. The van der Waals surface area contributed by atoms with Gasteiger partial charge in [0.05, 0.1) is 0 Å². The zero-order valence-electron chi connectivity index (χ0n) is 8.69. The van der Waals surface area contributed by atoms with Gasteiger partial charge in [-0.1, -0.05) is 13.0 Å². The van der Waals surface area contributed by atoms with E-state index in [-0.39, 0.29) is 5.54 Å². The molecule has 0 unspecified atom stereocenters. The molecule has 0 N–H and O–H groups in total. The lowest BCUT2D eigenvalue weighted by Gasteiger charge is -2.38. The average molecular weight is 167 g/mol. The molecule has 1 rings (SSSR count). The van der Waals surface area contributed by atoms with Crippen LogP contribution in [0.2, 0.25) is 0 Å². The third-order valence-electron chi connectivity index (χ3n) is 2.54. The van der Waals surface area contributed by atoms with Gasteiger partial charge in [0.2, 0.25) is 0 Å². The Morgan fingerprint density at radius 1 is 1.17 bits per heavy atom. The minimum atomic E-state index is 0.265. The summed E-state index contributed by atoms with van der Waals surface area (Å²) in [5.41, 5.74) is 1.60. The van der Waals surface area contributed by atoms with Crippen molar-refractivity contribution in [2.75, 3.05) is 6.54 Å². The molecule has 1 heterocycles. The van der Waals surface area contributed by atoms with E-state index in [4.69, 9.17) is 0 Å². The number of hydrogen-bond acceptors (Lipinski definition) is 1. The number of rotatable bonds is 0. The van der Waals surface area contributed by atoms with Gasteiger partial charge in [-0.3, -0.25) is 0 Å². The molecule has 1 saturated heterocycles. The summed E-state index contributed by atoms with van der Waals surface area (Å²) in [6, 6.07) is 0. The quantitative estimate of drug-likeness (QED) is 0.535. The molecule has 1 fully saturated rings. The monoisotopic (exact) mass is 167 g/mol. The molecule has 0 saturated carbocycles. The molecule has 1 nitrogen and oxygen atoms in total. The summed E-state index contributed by atoms with van der Waals surface area (Å²) in [5, 5.41) is 0. The minimum Gasteiger partial charge on any atom is -0.370 e. The molecule has 0 atom stereocenters. The Hall–Kier alpha value is -0.460. The minimum absolute atomic E-state index is 0.265. The van der Waals surface area contributed by atoms with Crippen LogP contribution in [-0.2, 0) is 0 Å². The molecular weight excluding hydrogens is 146 g/mol. The SMILES string of the molecule is C=C1CCCCCN1C(C)(C)C. The van der Waals surface area contributed by atoms with Crippen molar-refractivity contribution < 1.29 is 0 Å². The van der Waals surface area contributed by atoms with Crippen LogP contribution >= 0.6 is 0 Å². The standard InChI is InChI=1S/C11H21N/c1-10-8-6-5-7-9-12(10)11(2,3)4/h1,5-9H2,2-4H3. The molecular formula is C11H21N. The van der Waals surface area contributed by atoms with Crippen molar-refractivity contribution >= 4 is 0 Å². The van der Waals surface area contributed by atoms with Crippen molar-refractivity contribution in [3.63, 3.8) is 0 Å². The van der Waals surface area contributed by atoms with E-state index in [9.17, 15) is 0 Å². The maximum atomic E-state index is 4.15. The lowest BCUT2D eigenvalue weighted by atomic mass is 10.0. The van der Waals surface area contributed by atoms with E-state index >= 15 is 0 Å². The summed E-state index contributed by atoms with van der Waals surface area (Å²) in [6.45, 7) is 12.1. The lowest BCUT2D eigenvalue weighted by Crippen LogP contribution is -2.40. The Morgan fingerprint density at radius 3 is 2.42 bits per heavy atom. The molecule has 0 aromatic rings. The largest absolute Gasteiger partial charge is 0.370 e. The highest BCUT2D eigenvalue weighted by molar-refractivity contribution is 5.00. The molecule has 0 radical (unpaired) electrons. The van der Waals surface area contributed by atoms with Crippen LogP contribution in [0.1, 0.15) is 46.5 Å². The summed E-state index contributed by atoms with van der Waals surface area (Å²) < 4.78 is 0. The maximum Gasteiger partial charge on any atom is 0.0314 e. The molecule has 70 valence electrons. The fourth-order valence-electron chi connectivity index (χ4n) is 1.88. The zero-order valence-corrected chi connectivity index (χ0v) is 8.69. The first kappa shape index (κ1) is 9.63. The van der Waals surface area contributed by atoms with Crippen LogP contribution in [0, 0.1) is 0 Å². The number of nitrogens with zero attached hydrogens (tertiary/aromatic N) is 1. The molecule has 0 spiro atoms. The van der Waals surface area contributed by atoms with Crippen LogP contribution in [0.25, 0.3) is 0 Å². The van der Waals surface area contributed by atoms with Gasteiger partial charge < -0.3 is 4.90 Å². The van der Waals surface area contributed by atoms with E-state index in [1.165, 1.54) is 37.9 Å². The first-order chi connectivity index (χ1) is 5.52. The fourth-order valence-corrected chi connectivity index (χ4v) is 1.88. The topological polar surface area (TPSA) is 3.24 Å². The second-order valence-electron chi connectivity index (χ2n) is 4.70. The van der Waals surface area contributed by atoms with Gasteiger partial charge in [0, 0.05) is 17.8 Å². The molecule has 1 aliphatic rings. The van der Waals surface area contributed by atoms with Crippen LogP contribution in [0.15, 0.2) is 12.3 Å². The Morgan fingerprint density at radius 2 is 1.83 bits per heavy atom. The fraction of sp³-hybridized carbons (Fsp3) is 0.818. The highest BCUT2D eigenvalue weighted by Gasteiger charge is 2.23. The Bertz CT molecular complexity index is 164. The van der Waals surface area contributed by atoms with Crippen LogP contribution in [0.3, 0.4) is 0 Å². The molecule has 0 bridgehead atoms. The van der Waals surface area contributed by atoms with E-state index in [0.717, 1.165) is 0 Å². The second-order valence-corrected chi connectivity index (χ2v) is 4.70. The Kier molecular flexibility index (Phi) is 2.81. The van der Waals surface area contributed by atoms with Crippen molar-refractivity contribution in [2.45, 2.75) is 52.0 Å². The van der Waals surface area contributed by atoms with Crippen LogP contribution in [0.5, 0.6) is 0 Å². The Balaban J connectivity index is 2.66. The molecule has 0 aromatic carbocycles. The van der Waals surface area contributed by atoms with Crippen molar-refractivity contribution in [3.05, 3.63) is 12.3 Å². The van der Waals surface area contributed by atoms with E-state index in [2.05, 4.69) is 32.3 Å². The van der Waals surface area contributed by atoms with E-state index < -0.39 is 0 Å². The third kappa shape index (κ3) is 2.26. The second kappa shape index (κ2) is 3.51. The van der Waals surface area contributed by atoms with E-state index in [1.807, 2.05) is 0 Å². The van der Waals surface area contributed by atoms with Crippen molar-refractivity contribution in [2.24, 2.45) is 0 Å². The van der Waals surface area contributed by atoms with Crippen molar-refractivity contribution in [3.8, 4) is 0 Å². The van der Waals surface area contributed by atoms with Crippen LogP contribution < -0.4 is 0 Å². The summed E-state index contributed by atoms with van der Waals surface area (Å²) in [7, 11) is 0. The highest BCUT2D eigenvalue weighted by atomic mass is 15.2. The van der Waals surface area contributed by atoms with Gasteiger partial charge in [-0.05, 0) is 40.0 Å². The summed E-state index contributed by atoms with van der Waals surface area (Å²) >= 11 is 0. The summed E-state index contributed by atoms with van der Waals surface area (Å²) in [5.74, 6) is 0. The smallest absolute Gasteiger partial charge is 0.0314 e.